The fraction of sp³-hybridized carbons (Fsp3) is 0.424. The molecule has 2 aliphatic heterocycles. The number of amides is 4. The third kappa shape index (κ3) is 9.01. The van der Waals surface area contributed by atoms with Gasteiger partial charge < -0.3 is 20.3 Å². The highest BCUT2D eigenvalue weighted by Crippen LogP contribution is 2.37. The molecule has 10 nitrogen and oxygen atoms in total. The molecule has 10 heteroatoms. The van der Waals surface area contributed by atoms with Gasteiger partial charge in [0.25, 0.3) is 0 Å². The highest BCUT2D eigenvalue weighted by atomic mass is 16.5. The minimum absolute atomic E-state index is 0.0323. The summed E-state index contributed by atoms with van der Waals surface area (Å²) in [5.41, 5.74) is 7.74. The van der Waals surface area contributed by atoms with E-state index in [2.05, 4.69) is 47.2 Å². The summed E-state index contributed by atoms with van der Waals surface area (Å²) in [5.74, 6) is 0.0988. The number of aryl methyl sites for hydroxylation is 1. The van der Waals surface area contributed by atoms with Gasteiger partial charge in [0.1, 0.15) is 5.70 Å². The predicted molar refractivity (Wildman–Crippen MR) is 166 cm³/mol. The molecule has 0 radical (unpaired) electrons. The van der Waals surface area contributed by atoms with Gasteiger partial charge in [0.05, 0.1) is 12.8 Å². The van der Waals surface area contributed by atoms with Gasteiger partial charge in [-0.2, -0.15) is 0 Å². The number of hydrogen-bond donors (Lipinski definition) is 3. The van der Waals surface area contributed by atoms with Crippen LogP contribution in [0.2, 0.25) is 0 Å². The van der Waals surface area contributed by atoms with Crippen molar-refractivity contribution in [1.82, 2.24) is 15.6 Å². The van der Waals surface area contributed by atoms with Crippen LogP contribution in [0.4, 0.5) is 10.5 Å². The molecule has 3 N–H and O–H groups in total. The monoisotopic (exact) mass is 586 g/mol. The maximum Gasteiger partial charge on any atom is 0.341 e. The summed E-state index contributed by atoms with van der Waals surface area (Å²) in [5, 5.41) is 13.9. The number of piperidine rings is 1. The van der Waals surface area contributed by atoms with Crippen LogP contribution in [0.5, 0.6) is 0 Å². The van der Waals surface area contributed by atoms with Crippen LogP contribution in [0.25, 0.3) is 0 Å². The Hall–Kier alpha value is -4.47. The molecule has 228 valence electrons. The van der Waals surface area contributed by atoms with Gasteiger partial charge in [0, 0.05) is 25.7 Å². The number of benzene rings is 2. The lowest BCUT2D eigenvalue weighted by Crippen LogP contribution is -2.44. The van der Waals surface area contributed by atoms with Crippen LogP contribution in [0.15, 0.2) is 82.5 Å². The Balaban J connectivity index is 1.36. The van der Waals surface area contributed by atoms with E-state index < -0.39 is 12.1 Å². The predicted octanol–water partition coefficient (Wildman–Crippen LogP) is 5.99. The molecule has 0 aromatic heterocycles. The summed E-state index contributed by atoms with van der Waals surface area (Å²) in [7, 11) is 0. The molecule has 43 heavy (non-hydrogen) atoms. The molecular weight excluding hydrogens is 544 g/mol. The van der Waals surface area contributed by atoms with Crippen LogP contribution in [0, 0.1) is 18.3 Å². The van der Waals surface area contributed by atoms with E-state index in [1.165, 1.54) is 6.92 Å². The summed E-state index contributed by atoms with van der Waals surface area (Å²) < 4.78 is 6.09. The van der Waals surface area contributed by atoms with E-state index in [0.29, 0.717) is 30.4 Å². The first kappa shape index (κ1) is 31.5. The largest absolute Gasteiger partial charge is 0.487 e. The molecule has 0 bridgehead atoms. The minimum Gasteiger partial charge on any atom is -0.487 e. The first-order valence-electron chi connectivity index (χ1n) is 14.7. The van der Waals surface area contributed by atoms with E-state index in [1.54, 1.807) is 11.2 Å². The Bertz CT molecular complexity index is 1400. The first-order valence-corrected chi connectivity index (χ1v) is 14.7. The molecule has 0 spiro atoms. The smallest absolute Gasteiger partial charge is 0.341 e. The van der Waals surface area contributed by atoms with Crippen molar-refractivity contribution in [3.63, 3.8) is 0 Å². The van der Waals surface area contributed by atoms with Crippen LogP contribution in [0.3, 0.4) is 0 Å². The van der Waals surface area contributed by atoms with Gasteiger partial charge in [-0.1, -0.05) is 74.0 Å². The zero-order chi connectivity index (χ0) is 31.0. The second-order valence-corrected chi connectivity index (χ2v) is 12.2. The topological polar surface area (TPSA) is 124 Å². The molecule has 1 unspecified atom stereocenters. The molecule has 4 rings (SSSR count). The Kier molecular flexibility index (Phi) is 10.3. The van der Waals surface area contributed by atoms with Crippen LogP contribution in [0.1, 0.15) is 63.3 Å². The average Bonchev–Trinajstić information content (AvgIpc) is 2.97. The third-order valence-electron chi connectivity index (χ3n) is 7.70. The van der Waals surface area contributed by atoms with Crippen molar-refractivity contribution in [2.45, 2.75) is 60.0 Å². The van der Waals surface area contributed by atoms with Crippen molar-refractivity contribution in [1.29, 1.82) is 0 Å². The van der Waals surface area contributed by atoms with Gasteiger partial charge >= 0.3 is 6.03 Å². The summed E-state index contributed by atoms with van der Waals surface area (Å²) in [6.07, 6.45) is 5.78. The Morgan fingerprint density at radius 1 is 1.02 bits per heavy atom. The van der Waals surface area contributed by atoms with E-state index in [9.17, 15) is 14.4 Å². The Morgan fingerprint density at radius 3 is 2.40 bits per heavy atom. The molecule has 0 saturated carbocycles. The maximum absolute atomic E-state index is 12.8. The standard InChI is InChI=1S/C33H42N6O4/c1-22-10-12-25(13-11-22)31-29(19-27(21-43-31)33(3,4)5)36-38-37-32(42)35-28-9-7-6-8-26(28)18-24-14-16-39(17-15-24)30(41)20-34-23(2)40/h6-13,19,21,24,31H,14-18,20H2,1-5H3,(H,34,40)(H2,35,36,37,42). The van der Waals surface area contributed by atoms with E-state index in [1.807, 2.05) is 61.5 Å². The number of nitrogens with zero attached hydrogens (tertiary/aromatic N) is 3. The van der Waals surface area contributed by atoms with Crippen LogP contribution >= 0.6 is 0 Å². The van der Waals surface area contributed by atoms with Gasteiger partial charge in [-0.25, -0.2) is 10.2 Å². The Morgan fingerprint density at radius 2 is 1.72 bits per heavy atom. The molecule has 1 atom stereocenters. The number of rotatable bonds is 8. The molecule has 2 heterocycles. The number of para-hydroxylation sites is 1. The summed E-state index contributed by atoms with van der Waals surface area (Å²) >= 11 is 0. The minimum atomic E-state index is -0.495. The van der Waals surface area contributed by atoms with Crippen LogP contribution in [-0.2, 0) is 20.7 Å². The summed E-state index contributed by atoms with van der Waals surface area (Å²) in [6.45, 7) is 11.1. The molecular formula is C33H42N6O4. The number of hydrogen-bond acceptors (Lipinski definition) is 6. The quantitative estimate of drug-likeness (QED) is 0.260. The van der Waals surface area contributed by atoms with Gasteiger partial charge in [0.2, 0.25) is 11.8 Å². The van der Waals surface area contributed by atoms with Gasteiger partial charge in [-0.15, -0.1) is 5.11 Å². The van der Waals surface area contributed by atoms with E-state index >= 15 is 0 Å². The number of carbonyl (C=O) groups excluding carboxylic acids is 3. The van der Waals surface area contributed by atoms with Crippen molar-refractivity contribution in [3.8, 4) is 0 Å². The fourth-order valence-electron chi connectivity index (χ4n) is 5.05. The summed E-state index contributed by atoms with van der Waals surface area (Å²) in [4.78, 5) is 38.1. The lowest BCUT2D eigenvalue weighted by Gasteiger charge is -2.32. The van der Waals surface area contributed by atoms with Crippen LogP contribution in [-0.4, -0.2) is 42.4 Å². The second-order valence-electron chi connectivity index (χ2n) is 12.2. The molecule has 2 aromatic carbocycles. The zero-order valence-corrected chi connectivity index (χ0v) is 25.6. The number of carbonyl (C=O) groups is 3. The molecule has 1 saturated heterocycles. The molecule has 2 aromatic rings. The molecule has 0 aliphatic carbocycles. The van der Waals surface area contributed by atoms with Crippen molar-refractivity contribution in [2.24, 2.45) is 21.7 Å². The number of likely N-dealkylation sites (tertiary alicyclic amines) is 1. The van der Waals surface area contributed by atoms with E-state index in [0.717, 1.165) is 41.5 Å². The zero-order valence-electron chi connectivity index (χ0n) is 25.6. The third-order valence-corrected chi connectivity index (χ3v) is 7.70. The number of ether oxygens (including phenoxy) is 1. The average molecular weight is 587 g/mol. The lowest BCUT2D eigenvalue weighted by atomic mass is 9.85. The number of anilines is 1. The SMILES string of the molecule is CC(=O)NCC(=O)N1CCC(Cc2ccccc2NC(=O)NN=NC2=CC(C(C)(C)C)=COC2c2ccc(C)cc2)CC1. The van der Waals surface area contributed by atoms with Gasteiger partial charge in [-0.05, 0) is 66.4 Å². The van der Waals surface area contributed by atoms with Crippen molar-refractivity contribution < 1.29 is 19.1 Å². The van der Waals surface area contributed by atoms with E-state index in [4.69, 9.17) is 4.74 Å². The lowest BCUT2D eigenvalue weighted by molar-refractivity contribution is -0.133. The van der Waals surface area contributed by atoms with Crippen molar-refractivity contribution in [2.75, 3.05) is 25.0 Å². The second kappa shape index (κ2) is 14.1. The van der Waals surface area contributed by atoms with E-state index in [-0.39, 0.29) is 23.8 Å². The Labute approximate surface area is 253 Å². The molecule has 4 amide bonds. The number of nitrogens with one attached hydrogen (secondary N) is 3. The number of allylic oxidation sites excluding steroid dienone is 2. The number of urea groups is 1. The van der Waals surface area contributed by atoms with Gasteiger partial charge in [-0.3, -0.25) is 9.59 Å². The summed E-state index contributed by atoms with van der Waals surface area (Å²) in [6, 6.07) is 15.3. The van der Waals surface area contributed by atoms with Crippen molar-refractivity contribution in [3.05, 3.63) is 88.8 Å². The molecule has 2 aliphatic rings. The van der Waals surface area contributed by atoms with Crippen molar-refractivity contribution >= 4 is 23.5 Å². The first-order chi connectivity index (χ1) is 20.5. The normalized spacial score (nSPS) is 17.5. The van der Waals surface area contributed by atoms with Crippen LogP contribution < -0.4 is 16.1 Å². The maximum atomic E-state index is 12.8. The van der Waals surface area contributed by atoms with Gasteiger partial charge in [0.15, 0.2) is 6.10 Å². The highest BCUT2D eigenvalue weighted by molar-refractivity contribution is 5.89. The fourth-order valence-corrected chi connectivity index (χ4v) is 5.05. The molecule has 1 fully saturated rings. The highest BCUT2D eigenvalue weighted by Gasteiger charge is 2.27.